The Labute approximate surface area is 191 Å². The quantitative estimate of drug-likeness (QED) is 0.274. The number of nitrogens with zero attached hydrogens (tertiary/aromatic N) is 3. The molecule has 0 spiro atoms. The van der Waals surface area contributed by atoms with Crippen LogP contribution in [0.2, 0.25) is 10.2 Å². The van der Waals surface area contributed by atoms with Crippen LogP contribution in [0.15, 0.2) is 47.6 Å². The molecular weight excluding hydrogens is 435 g/mol. The van der Waals surface area contributed by atoms with E-state index >= 15 is 0 Å². The van der Waals surface area contributed by atoms with Crippen LogP contribution in [0.3, 0.4) is 0 Å². The van der Waals surface area contributed by atoms with Gasteiger partial charge in [-0.25, -0.2) is 4.98 Å². The molecule has 7 nitrogen and oxygen atoms in total. The van der Waals surface area contributed by atoms with Crippen LogP contribution in [-0.2, 0) is 5.41 Å². The second-order valence-corrected chi connectivity index (χ2v) is 8.28. The van der Waals surface area contributed by atoms with Crippen molar-refractivity contribution < 1.29 is 4.79 Å². The monoisotopic (exact) mass is 458 g/mol. The van der Waals surface area contributed by atoms with E-state index in [1.54, 1.807) is 19.3 Å². The zero-order valence-corrected chi connectivity index (χ0v) is 18.7. The third kappa shape index (κ3) is 5.46. The van der Waals surface area contributed by atoms with Gasteiger partial charge in [0.25, 0.3) is 5.91 Å². The number of carbonyl (C=O) groups is 1. The Hall–Kier alpha value is -2.82. The molecule has 0 radical (unpaired) electrons. The second kappa shape index (κ2) is 10.5. The molecule has 0 bridgehead atoms. The summed E-state index contributed by atoms with van der Waals surface area (Å²) in [5.41, 5.74) is 1.15. The van der Waals surface area contributed by atoms with Crippen LogP contribution in [-0.4, -0.2) is 36.5 Å². The van der Waals surface area contributed by atoms with E-state index in [4.69, 9.17) is 28.5 Å². The first-order chi connectivity index (χ1) is 15.0. The average Bonchev–Trinajstić information content (AvgIpc) is 2.79. The number of nitriles is 1. The number of pyridine rings is 1. The Kier molecular flexibility index (Phi) is 7.72. The molecule has 3 N–H and O–H groups in total. The molecule has 1 aliphatic rings. The lowest BCUT2D eigenvalue weighted by molar-refractivity contribution is 0.0935. The highest BCUT2D eigenvalue weighted by atomic mass is 35.5. The number of guanidine groups is 1. The molecule has 2 aromatic rings. The van der Waals surface area contributed by atoms with Crippen molar-refractivity contribution in [3.05, 3.63) is 63.9 Å². The van der Waals surface area contributed by atoms with E-state index in [1.807, 2.05) is 18.2 Å². The van der Waals surface area contributed by atoms with Crippen molar-refractivity contribution >= 4 is 35.1 Å². The number of hydrogen-bond donors (Lipinski definition) is 3. The summed E-state index contributed by atoms with van der Waals surface area (Å²) in [6, 6.07) is 11.9. The zero-order chi connectivity index (χ0) is 22.3. The summed E-state index contributed by atoms with van der Waals surface area (Å²) in [7, 11) is 1.73. The molecule has 1 heterocycles. The highest BCUT2D eigenvalue weighted by molar-refractivity contribution is 6.38. The molecule has 0 saturated heterocycles. The average molecular weight is 459 g/mol. The van der Waals surface area contributed by atoms with E-state index in [0.717, 1.165) is 25.7 Å². The lowest BCUT2D eigenvalue weighted by Gasteiger charge is -2.41. The van der Waals surface area contributed by atoms with Crippen LogP contribution in [0.1, 0.15) is 41.6 Å². The second-order valence-electron chi connectivity index (χ2n) is 7.52. The smallest absolute Gasteiger partial charge is 0.255 e. The number of benzene rings is 1. The van der Waals surface area contributed by atoms with Gasteiger partial charge < -0.3 is 16.0 Å². The van der Waals surface area contributed by atoms with Crippen molar-refractivity contribution in [2.24, 2.45) is 4.99 Å². The lowest BCUT2D eigenvalue weighted by Crippen LogP contribution is -2.49. The van der Waals surface area contributed by atoms with Gasteiger partial charge in [-0.15, -0.1) is 4.99 Å². The fourth-order valence-corrected chi connectivity index (χ4v) is 4.56. The first kappa shape index (κ1) is 22.9. The molecule has 1 aliphatic carbocycles. The van der Waals surface area contributed by atoms with Crippen LogP contribution in [0, 0.1) is 11.5 Å². The largest absolute Gasteiger partial charge is 0.359 e. The molecule has 1 fully saturated rings. The molecule has 0 atom stereocenters. The summed E-state index contributed by atoms with van der Waals surface area (Å²) in [6.07, 6.45) is 6.71. The van der Waals surface area contributed by atoms with Crippen LogP contribution >= 0.6 is 23.2 Å². The van der Waals surface area contributed by atoms with Gasteiger partial charge in [0.05, 0.1) is 10.6 Å². The summed E-state index contributed by atoms with van der Waals surface area (Å²) in [6.45, 7) is 0.454. The van der Waals surface area contributed by atoms with Crippen LogP contribution in [0.4, 0.5) is 0 Å². The van der Waals surface area contributed by atoms with Crippen molar-refractivity contribution in [3.8, 4) is 6.19 Å². The van der Waals surface area contributed by atoms with E-state index in [9.17, 15) is 4.79 Å². The Morgan fingerprint density at radius 3 is 2.58 bits per heavy atom. The number of aromatic nitrogens is 1. The van der Waals surface area contributed by atoms with E-state index in [0.29, 0.717) is 12.5 Å². The van der Waals surface area contributed by atoms with Gasteiger partial charge in [0.2, 0.25) is 12.2 Å². The van der Waals surface area contributed by atoms with Crippen LogP contribution in [0.5, 0.6) is 0 Å². The van der Waals surface area contributed by atoms with E-state index in [1.165, 1.54) is 11.8 Å². The minimum Gasteiger partial charge on any atom is -0.359 e. The summed E-state index contributed by atoms with van der Waals surface area (Å²) in [5.74, 6) is 0.131. The molecule has 0 aliphatic heterocycles. The molecule has 9 heteroatoms. The normalized spacial score (nSPS) is 21.1. The van der Waals surface area contributed by atoms with Crippen molar-refractivity contribution in [3.63, 3.8) is 0 Å². The third-order valence-electron chi connectivity index (χ3n) is 5.74. The lowest BCUT2D eigenvalue weighted by atomic mass is 9.68. The topological polar surface area (TPSA) is 102 Å². The number of aliphatic imine (C=N–C) groups is 1. The van der Waals surface area contributed by atoms with Gasteiger partial charge in [0.1, 0.15) is 5.15 Å². The molecule has 162 valence electrons. The Balaban J connectivity index is 1.75. The number of rotatable bonds is 5. The van der Waals surface area contributed by atoms with Gasteiger partial charge in [-0.2, -0.15) is 5.26 Å². The van der Waals surface area contributed by atoms with E-state index in [2.05, 4.69) is 38.1 Å². The third-order valence-corrected chi connectivity index (χ3v) is 6.34. The fraction of sp³-hybridized carbons (Fsp3) is 0.364. The Morgan fingerprint density at radius 2 is 1.97 bits per heavy atom. The van der Waals surface area contributed by atoms with Crippen molar-refractivity contribution in [2.75, 3.05) is 13.6 Å². The van der Waals surface area contributed by atoms with E-state index < -0.39 is 0 Å². The maximum absolute atomic E-state index is 12.8. The van der Waals surface area contributed by atoms with Crippen LogP contribution < -0.4 is 16.0 Å². The van der Waals surface area contributed by atoms with Gasteiger partial charge in [-0.3, -0.25) is 4.79 Å². The molecule has 1 amide bonds. The summed E-state index contributed by atoms with van der Waals surface area (Å²) >= 11 is 12.3. The van der Waals surface area contributed by atoms with Gasteiger partial charge in [0, 0.05) is 31.2 Å². The molecule has 1 aromatic carbocycles. The zero-order valence-electron chi connectivity index (χ0n) is 17.2. The summed E-state index contributed by atoms with van der Waals surface area (Å²) in [5, 5.41) is 18.4. The fourth-order valence-electron chi connectivity index (χ4n) is 4.03. The number of halogens is 2. The van der Waals surface area contributed by atoms with Crippen molar-refractivity contribution in [1.82, 2.24) is 20.9 Å². The summed E-state index contributed by atoms with van der Waals surface area (Å²) < 4.78 is 0. The number of amides is 1. The first-order valence-corrected chi connectivity index (χ1v) is 10.8. The molecule has 1 aromatic heterocycles. The predicted molar refractivity (Wildman–Crippen MR) is 122 cm³/mol. The minimum absolute atomic E-state index is 0.0862. The first-order valence-electron chi connectivity index (χ1n) is 10.0. The van der Waals surface area contributed by atoms with Gasteiger partial charge in [-0.05, 0) is 37.3 Å². The summed E-state index contributed by atoms with van der Waals surface area (Å²) in [4.78, 5) is 20.6. The highest BCUT2D eigenvalue weighted by Gasteiger charge is 2.37. The maximum atomic E-state index is 12.8. The molecule has 31 heavy (non-hydrogen) atoms. The SMILES string of the molecule is CN/C(=N\C#N)N[C@H]1CC[C@](CNC(=O)c2c(Cl)ccnc2Cl)(c2ccccc2)CC1. The maximum Gasteiger partial charge on any atom is 0.255 e. The Morgan fingerprint density at radius 1 is 1.26 bits per heavy atom. The molecule has 3 rings (SSSR count). The van der Waals surface area contributed by atoms with Gasteiger partial charge >= 0.3 is 0 Å². The number of hydrogen-bond acceptors (Lipinski definition) is 4. The molecule has 1 saturated carbocycles. The molecule has 0 unspecified atom stereocenters. The van der Waals surface area contributed by atoms with Crippen molar-refractivity contribution in [1.29, 1.82) is 5.26 Å². The standard InChI is InChI=1S/C22H24Cl2N6O/c1-26-21(29-14-25)30-16-7-10-22(11-8-16,15-5-3-2-4-6-15)13-28-20(31)18-17(23)9-12-27-19(18)24/h2-6,9,12,16H,7-8,10-11,13H2,1H3,(H,28,31)(H2,26,29,30)/t16-,22-. The number of carbonyl (C=O) groups excluding carboxylic acids is 1. The predicted octanol–water partition coefficient (Wildman–Crippen LogP) is 3.64. The minimum atomic E-state index is -0.336. The highest BCUT2D eigenvalue weighted by Crippen LogP contribution is 2.39. The number of nitrogens with one attached hydrogen (secondary N) is 3. The van der Waals surface area contributed by atoms with Gasteiger partial charge in [0.15, 0.2) is 0 Å². The van der Waals surface area contributed by atoms with E-state index in [-0.39, 0.29) is 33.1 Å². The van der Waals surface area contributed by atoms with Crippen molar-refractivity contribution in [2.45, 2.75) is 37.1 Å². The molecular formula is C22H24Cl2N6O. The Bertz CT molecular complexity index is 961. The van der Waals surface area contributed by atoms with Crippen LogP contribution in [0.25, 0.3) is 0 Å². The van der Waals surface area contributed by atoms with Gasteiger partial charge in [-0.1, -0.05) is 53.5 Å².